The van der Waals surface area contributed by atoms with Crippen LogP contribution in [-0.2, 0) is 10.0 Å². The maximum Gasteiger partial charge on any atom is 0.241 e. The molecule has 1 saturated carbocycles. The van der Waals surface area contributed by atoms with Crippen LogP contribution in [0.3, 0.4) is 0 Å². The van der Waals surface area contributed by atoms with Crippen molar-refractivity contribution in [3.05, 3.63) is 28.8 Å². The molecular formula is C13H19ClN2O2S. The highest BCUT2D eigenvalue weighted by molar-refractivity contribution is 7.89. The molecule has 106 valence electrons. The van der Waals surface area contributed by atoms with Crippen molar-refractivity contribution >= 4 is 21.6 Å². The van der Waals surface area contributed by atoms with Gasteiger partial charge in [-0.05, 0) is 37.5 Å². The van der Waals surface area contributed by atoms with Crippen LogP contribution in [0.2, 0.25) is 5.02 Å². The quantitative estimate of drug-likeness (QED) is 0.899. The summed E-state index contributed by atoms with van der Waals surface area (Å²) in [5.74, 6) is 0. The first kappa shape index (κ1) is 14.8. The molecule has 0 radical (unpaired) electrons. The van der Waals surface area contributed by atoms with E-state index in [0.29, 0.717) is 10.6 Å². The first-order valence-corrected chi connectivity index (χ1v) is 8.30. The van der Waals surface area contributed by atoms with Crippen molar-refractivity contribution in [1.82, 2.24) is 4.72 Å². The standard InChI is InChI=1S/C13H19ClN2O2S/c1-9-6-7-10(14)8-13(9)19(17,18)16-12-5-3-2-4-11(12)15/h6-8,11-12,16H,2-5,15H2,1H3/t11-,12-/m1/s1. The van der Waals surface area contributed by atoms with Gasteiger partial charge in [0.25, 0.3) is 0 Å². The van der Waals surface area contributed by atoms with E-state index in [1.165, 1.54) is 6.07 Å². The lowest BCUT2D eigenvalue weighted by Crippen LogP contribution is -2.49. The molecule has 1 aromatic rings. The summed E-state index contributed by atoms with van der Waals surface area (Å²) in [4.78, 5) is 0.234. The summed E-state index contributed by atoms with van der Waals surface area (Å²) >= 11 is 5.88. The smallest absolute Gasteiger partial charge is 0.241 e. The molecule has 4 nitrogen and oxygen atoms in total. The minimum Gasteiger partial charge on any atom is -0.326 e. The van der Waals surface area contributed by atoms with E-state index in [-0.39, 0.29) is 17.0 Å². The summed E-state index contributed by atoms with van der Waals surface area (Å²) in [5, 5.41) is 0.416. The molecule has 3 N–H and O–H groups in total. The molecule has 6 heteroatoms. The van der Waals surface area contributed by atoms with Crippen molar-refractivity contribution in [2.45, 2.75) is 49.6 Å². The third-order valence-corrected chi connectivity index (χ3v) is 5.43. The number of hydrogen-bond acceptors (Lipinski definition) is 3. The van der Waals surface area contributed by atoms with Gasteiger partial charge >= 0.3 is 0 Å². The van der Waals surface area contributed by atoms with Crippen LogP contribution in [-0.4, -0.2) is 20.5 Å². The number of nitrogens with one attached hydrogen (secondary N) is 1. The van der Waals surface area contributed by atoms with Crippen molar-refractivity contribution in [3.63, 3.8) is 0 Å². The fourth-order valence-corrected chi connectivity index (χ4v) is 4.26. The highest BCUT2D eigenvalue weighted by Gasteiger charge is 2.27. The third kappa shape index (κ3) is 3.48. The molecule has 0 amide bonds. The van der Waals surface area contributed by atoms with E-state index in [1.807, 2.05) is 0 Å². The maximum atomic E-state index is 12.4. The Morgan fingerprint density at radius 3 is 2.68 bits per heavy atom. The Bertz CT molecular complexity index is 560. The molecule has 1 fully saturated rings. The molecule has 2 rings (SSSR count). The summed E-state index contributed by atoms with van der Waals surface area (Å²) < 4.78 is 27.5. The Morgan fingerprint density at radius 1 is 1.32 bits per heavy atom. The summed E-state index contributed by atoms with van der Waals surface area (Å²) in [7, 11) is -3.56. The topological polar surface area (TPSA) is 72.2 Å². The van der Waals surface area contributed by atoms with Gasteiger partial charge in [0.05, 0.1) is 4.90 Å². The van der Waals surface area contributed by atoms with Crippen LogP contribution < -0.4 is 10.5 Å². The van der Waals surface area contributed by atoms with Gasteiger partial charge in [-0.15, -0.1) is 0 Å². The number of aryl methyl sites for hydroxylation is 1. The molecular weight excluding hydrogens is 284 g/mol. The lowest BCUT2D eigenvalue weighted by molar-refractivity contribution is 0.361. The molecule has 2 atom stereocenters. The second kappa shape index (κ2) is 5.79. The first-order valence-electron chi connectivity index (χ1n) is 6.44. The molecule has 0 aliphatic heterocycles. The fourth-order valence-electron chi connectivity index (χ4n) is 2.43. The Kier molecular flexibility index (Phi) is 4.50. The molecule has 0 heterocycles. The molecule has 1 aromatic carbocycles. The fraction of sp³-hybridized carbons (Fsp3) is 0.538. The van der Waals surface area contributed by atoms with Gasteiger partial charge in [-0.1, -0.05) is 30.5 Å². The predicted molar refractivity (Wildman–Crippen MR) is 76.7 cm³/mol. The van der Waals surface area contributed by atoms with Gasteiger partial charge in [-0.2, -0.15) is 0 Å². The molecule has 19 heavy (non-hydrogen) atoms. The Hall–Kier alpha value is -0.620. The van der Waals surface area contributed by atoms with E-state index < -0.39 is 10.0 Å². The van der Waals surface area contributed by atoms with E-state index in [2.05, 4.69) is 4.72 Å². The highest BCUT2D eigenvalue weighted by Crippen LogP contribution is 2.23. The van der Waals surface area contributed by atoms with Crippen LogP contribution in [0, 0.1) is 6.92 Å². The number of nitrogens with two attached hydrogens (primary N) is 1. The van der Waals surface area contributed by atoms with Gasteiger partial charge in [0.2, 0.25) is 10.0 Å². The number of hydrogen-bond donors (Lipinski definition) is 2. The zero-order valence-corrected chi connectivity index (χ0v) is 12.5. The largest absolute Gasteiger partial charge is 0.326 e. The lowest BCUT2D eigenvalue weighted by Gasteiger charge is -2.29. The van der Waals surface area contributed by atoms with Crippen LogP contribution in [0.1, 0.15) is 31.2 Å². The number of halogens is 1. The van der Waals surface area contributed by atoms with E-state index in [4.69, 9.17) is 17.3 Å². The van der Waals surface area contributed by atoms with Crippen molar-refractivity contribution < 1.29 is 8.42 Å². The summed E-state index contributed by atoms with van der Waals surface area (Å²) in [6, 6.07) is 4.58. The number of sulfonamides is 1. The Morgan fingerprint density at radius 2 is 2.00 bits per heavy atom. The second-order valence-corrected chi connectivity index (χ2v) is 7.20. The average molecular weight is 303 g/mol. The van der Waals surface area contributed by atoms with Gasteiger partial charge in [0, 0.05) is 17.1 Å². The zero-order valence-electron chi connectivity index (χ0n) is 10.9. The number of rotatable bonds is 3. The van der Waals surface area contributed by atoms with Gasteiger partial charge in [0.1, 0.15) is 0 Å². The van der Waals surface area contributed by atoms with Crippen molar-refractivity contribution in [3.8, 4) is 0 Å². The molecule has 0 bridgehead atoms. The van der Waals surface area contributed by atoms with Crippen LogP contribution in [0.5, 0.6) is 0 Å². The average Bonchev–Trinajstić information content (AvgIpc) is 2.35. The monoisotopic (exact) mass is 302 g/mol. The normalized spacial score (nSPS) is 24.4. The first-order chi connectivity index (χ1) is 8.90. The Balaban J connectivity index is 2.24. The van der Waals surface area contributed by atoms with Crippen LogP contribution in [0.4, 0.5) is 0 Å². The zero-order chi connectivity index (χ0) is 14.0. The lowest BCUT2D eigenvalue weighted by atomic mass is 9.92. The van der Waals surface area contributed by atoms with Crippen LogP contribution >= 0.6 is 11.6 Å². The summed E-state index contributed by atoms with van der Waals surface area (Å²) in [6.07, 6.45) is 3.73. The maximum absolute atomic E-state index is 12.4. The highest BCUT2D eigenvalue weighted by atomic mass is 35.5. The van der Waals surface area contributed by atoms with Gasteiger partial charge in [-0.25, -0.2) is 13.1 Å². The molecule has 0 spiro atoms. The van der Waals surface area contributed by atoms with E-state index in [0.717, 1.165) is 25.7 Å². The molecule has 1 aliphatic rings. The number of benzene rings is 1. The van der Waals surface area contributed by atoms with Crippen molar-refractivity contribution in [2.75, 3.05) is 0 Å². The van der Waals surface area contributed by atoms with E-state index >= 15 is 0 Å². The van der Waals surface area contributed by atoms with Crippen LogP contribution in [0.15, 0.2) is 23.1 Å². The van der Waals surface area contributed by atoms with Gasteiger partial charge in [0.15, 0.2) is 0 Å². The summed E-state index contributed by atoms with van der Waals surface area (Å²) in [5.41, 5.74) is 6.66. The summed E-state index contributed by atoms with van der Waals surface area (Å²) in [6.45, 7) is 1.76. The van der Waals surface area contributed by atoms with Crippen molar-refractivity contribution in [1.29, 1.82) is 0 Å². The van der Waals surface area contributed by atoms with Gasteiger partial charge < -0.3 is 5.73 Å². The predicted octanol–water partition coefficient (Wildman–Crippen LogP) is 2.20. The van der Waals surface area contributed by atoms with Crippen LogP contribution in [0.25, 0.3) is 0 Å². The molecule has 0 aromatic heterocycles. The Labute approximate surface area is 119 Å². The second-order valence-electron chi connectivity index (χ2n) is 5.09. The minimum absolute atomic E-state index is 0.108. The van der Waals surface area contributed by atoms with E-state index in [1.54, 1.807) is 19.1 Å². The molecule has 1 aliphatic carbocycles. The SMILES string of the molecule is Cc1ccc(Cl)cc1S(=O)(=O)N[C@@H]1CCCC[C@H]1N. The van der Waals surface area contributed by atoms with Crippen molar-refractivity contribution in [2.24, 2.45) is 5.73 Å². The minimum atomic E-state index is -3.56. The third-order valence-electron chi connectivity index (χ3n) is 3.57. The molecule has 0 saturated heterocycles. The van der Waals surface area contributed by atoms with Gasteiger partial charge in [-0.3, -0.25) is 0 Å². The van der Waals surface area contributed by atoms with E-state index in [9.17, 15) is 8.42 Å². The molecule has 0 unspecified atom stereocenters.